The summed E-state index contributed by atoms with van der Waals surface area (Å²) >= 11 is 0. The molecule has 0 spiro atoms. The van der Waals surface area contributed by atoms with E-state index in [0.29, 0.717) is 18.0 Å². The van der Waals surface area contributed by atoms with Crippen LogP contribution in [0.25, 0.3) is 0 Å². The van der Waals surface area contributed by atoms with Crippen LogP contribution < -0.4 is 5.73 Å². The number of likely N-dealkylation sites (tertiary alicyclic amines) is 1. The van der Waals surface area contributed by atoms with E-state index in [-0.39, 0.29) is 36.6 Å². The SMILES string of the molecule is CC(N)C1CCCN(C(=O)Cc2ccccc2F)C1.Cl. The van der Waals surface area contributed by atoms with E-state index in [0.717, 1.165) is 19.4 Å². The summed E-state index contributed by atoms with van der Waals surface area (Å²) in [6.45, 7) is 3.44. The van der Waals surface area contributed by atoms with Gasteiger partial charge in [-0.1, -0.05) is 18.2 Å². The fourth-order valence-corrected chi connectivity index (χ4v) is 2.58. The Morgan fingerprint density at radius 2 is 2.20 bits per heavy atom. The monoisotopic (exact) mass is 300 g/mol. The predicted octanol–water partition coefficient (Wildman–Crippen LogP) is 2.38. The van der Waals surface area contributed by atoms with Gasteiger partial charge in [0.05, 0.1) is 6.42 Å². The second-order valence-corrected chi connectivity index (χ2v) is 5.37. The molecule has 1 aliphatic heterocycles. The second-order valence-electron chi connectivity index (χ2n) is 5.37. The van der Waals surface area contributed by atoms with Crippen molar-refractivity contribution in [3.63, 3.8) is 0 Å². The number of amides is 1. The van der Waals surface area contributed by atoms with Gasteiger partial charge in [0.25, 0.3) is 0 Å². The van der Waals surface area contributed by atoms with Crippen molar-refractivity contribution in [3.05, 3.63) is 35.6 Å². The number of nitrogens with two attached hydrogens (primary N) is 1. The third-order valence-electron chi connectivity index (χ3n) is 3.85. The molecule has 1 aliphatic rings. The number of piperidine rings is 1. The summed E-state index contributed by atoms with van der Waals surface area (Å²) < 4.78 is 13.5. The molecule has 0 saturated carbocycles. The van der Waals surface area contributed by atoms with Crippen LogP contribution in [0.1, 0.15) is 25.3 Å². The minimum Gasteiger partial charge on any atom is -0.342 e. The average molecular weight is 301 g/mol. The van der Waals surface area contributed by atoms with Gasteiger partial charge < -0.3 is 10.6 Å². The van der Waals surface area contributed by atoms with Gasteiger partial charge in [0.15, 0.2) is 0 Å². The Balaban J connectivity index is 0.00000200. The van der Waals surface area contributed by atoms with Crippen molar-refractivity contribution in [1.29, 1.82) is 0 Å². The Morgan fingerprint density at radius 3 is 2.85 bits per heavy atom. The predicted molar refractivity (Wildman–Crippen MR) is 80.3 cm³/mol. The van der Waals surface area contributed by atoms with Crippen LogP contribution in [0.15, 0.2) is 24.3 Å². The van der Waals surface area contributed by atoms with Crippen LogP contribution in [0.2, 0.25) is 0 Å². The van der Waals surface area contributed by atoms with Crippen molar-refractivity contribution < 1.29 is 9.18 Å². The van der Waals surface area contributed by atoms with Gasteiger partial charge in [0.1, 0.15) is 5.82 Å². The molecule has 1 aromatic carbocycles. The molecule has 1 heterocycles. The number of carbonyl (C=O) groups is 1. The molecule has 1 amide bonds. The zero-order chi connectivity index (χ0) is 13.8. The highest BCUT2D eigenvalue weighted by Crippen LogP contribution is 2.20. The third kappa shape index (κ3) is 4.18. The van der Waals surface area contributed by atoms with Crippen LogP contribution in [0.5, 0.6) is 0 Å². The van der Waals surface area contributed by atoms with E-state index in [1.54, 1.807) is 18.2 Å². The lowest BCUT2D eigenvalue weighted by molar-refractivity contribution is -0.132. The Morgan fingerprint density at radius 1 is 1.50 bits per heavy atom. The van der Waals surface area contributed by atoms with Gasteiger partial charge in [-0.25, -0.2) is 4.39 Å². The van der Waals surface area contributed by atoms with Crippen molar-refractivity contribution in [2.24, 2.45) is 11.7 Å². The highest BCUT2D eigenvalue weighted by atomic mass is 35.5. The molecule has 0 aromatic heterocycles. The number of nitrogens with zero attached hydrogens (tertiary/aromatic N) is 1. The van der Waals surface area contributed by atoms with Crippen LogP contribution in [0.3, 0.4) is 0 Å². The molecule has 112 valence electrons. The van der Waals surface area contributed by atoms with E-state index < -0.39 is 0 Å². The maximum absolute atomic E-state index is 13.5. The molecule has 2 unspecified atom stereocenters. The minimum absolute atomic E-state index is 0. The molecule has 0 radical (unpaired) electrons. The molecule has 3 nitrogen and oxygen atoms in total. The van der Waals surface area contributed by atoms with Gasteiger partial charge in [-0.05, 0) is 37.3 Å². The Hall–Kier alpha value is -1.13. The summed E-state index contributed by atoms with van der Waals surface area (Å²) in [6.07, 6.45) is 2.19. The Labute approximate surface area is 125 Å². The lowest BCUT2D eigenvalue weighted by Gasteiger charge is -2.34. The van der Waals surface area contributed by atoms with Gasteiger partial charge in [-0.15, -0.1) is 12.4 Å². The first-order valence-corrected chi connectivity index (χ1v) is 6.84. The first-order chi connectivity index (χ1) is 9.08. The minimum atomic E-state index is -0.309. The first kappa shape index (κ1) is 16.9. The highest BCUT2D eigenvalue weighted by Gasteiger charge is 2.26. The van der Waals surface area contributed by atoms with Crippen LogP contribution >= 0.6 is 12.4 Å². The zero-order valence-electron chi connectivity index (χ0n) is 11.7. The molecule has 2 atom stereocenters. The van der Waals surface area contributed by atoms with Crippen LogP contribution in [-0.4, -0.2) is 29.9 Å². The molecule has 1 fully saturated rings. The Kier molecular flexibility index (Phi) is 6.43. The molecule has 5 heteroatoms. The fourth-order valence-electron chi connectivity index (χ4n) is 2.58. The molecule has 20 heavy (non-hydrogen) atoms. The Bertz CT molecular complexity index is 453. The number of hydrogen-bond acceptors (Lipinski definition) is 2. The van der Waals surface area contributed by atoms with Crippen molar-refractivity contribution in [2.75, 3.05) is 13.1 Å². The first-order valence-electron chi connectivity index (χ1n) is 6.84. The lowest BCUT2D eigenvalue weighted by atomic mass is 9.92. The van der Waals surface area contributed by atoms with E-state index in [1.165, 1.54) is 6.07 Å². The number of rotatable bonds is 3. The molecule has 2 N–H and O–H groups in total. The van der Waals surface area contributed by atoms with Crippen molar-refractivity contribution >= 4 is 18.3 Å². The lowest BCUT2D eigenvalue weighted by Crippen LogP contribution is -2.45. The maximum atomic E-state index is 13.5. The largest absolute Gasteiger partial charge is 0.342 e. The average Bonchev–Trinajstić information content (AvgIpc) is 2.41. The molecule has 0 bridgehead atoms. The number of hydrogen-bond donors (Lipinski definition) is 1. The van der Waals surface area contributed by atoms with Crippen molar-refractivity contribution in [1.82, 2.24) is 4.90 Å². The van der Waals surface area contributed by atoms with E-state index in [2.05, 4.69) is 0 Å². The molecule has 0 aliphatic carbocycles. The topological polar surface area (TPSA) is 46.3 Å². The smallest absolute Gasteiger partial charge is 0.227 e. The standard InChI is InChI=1S/C15H21FN2O.ClH/c1-11(17)13-6-4-8-18(10-13)15(19)9-12-5-2-3-7-14(12)16;/h2-3,5,7,11,13H,4,6,8-10,17H2,1H3;1H. The zero-order valence-corrected chi connectivity index (χ0v) is 12.5. The maximum Gasteiger partial charge on any atom is 0.227 e. The molecular weight excluding hydrogens is 279 g/mol. The van der Waals surface area contributed by atoms with Crippen LogP contribution in [-0.2, 0) is 11.2 Å². The highest BCUT2D eigenvalue weighted by molar-refractivity contribution is 5.85. The third-order valence-corrected chi connectivity index (χ3v) is 3.85. The van der Waals surface area contributed by atoms with Gasteiger partial charge >= 0.3 is 0 Å². The quantitative estimate of drug-likeness (QED) is 0.931. The van der Waals surface area contributed by atoms with Gasteiger partial charge in [-0.2, -0.15) is 0 Å². The van der Waals surface area contributed by atoms with Gasteiger partial charge in [-0.3, -0.25) is 4.79 Å². The van der Waals surface area contributed by atoms with E-state index in [1.807, 2.05) is 11.8 Å². The summed E-state index contributed by atoms with van der Waals surface area (Å²) in [5.41, 5.74) is 6.38. The van der Waals surface area contributed by atoms with Gasteiger partial charge in [0.2, 0.25) is 5.91 Å². The van der Waals surface area contributed by atoms with Crippen LogP contribution in [0.4, 0.5) is 4.39 Å². The molecule has 1 saturated heterocycles. The molecule has 2 rings (SSSR count). The fraction of sp³-hybridized carbons (Fsp3) is 0.533. The molecule has 1 aromatic rings. The number of benzene rings is 1. The van der Waals surface area contributed by atoms with E-state index in [4.69, 9.17) is 5.73 Å². The summed E-state index contributed by atoms with van der Waals surface area (Å²) in [5, 5.41) is 0. The number of halogens is 2. The van der Waals surface area contributed by atoms with E-state index >= 15 is 0 Å². The molecular formula is C15H22ClFN2O. The summed E-state index contributed by atoms with van der Waals surface area (Å²) in [6, 6.07) is 6.55. The second kappa shape index (κ2) is 7.60. The van der Waals surface area contributed by atoms with Gasteiger partial charge in [0, 0.05) is 19.1 Å². The van der Waals surface area contributed by atoms with Crippen molar-refractivity contribution in [2.45, 2.75) is 32.2 Å². The summed E-state index contributed by atoms with van der Waals surface area (Å²) in [7, 11) is 0. The number of carbonyl (C=O) groups excluding carboxylic acids is 1. The van der Waals surface area contributed by atoms with Crippen molar-refractivity contribution in [3.8, 4) is 0 Å². The summed E-state index contributed by atoms with van der Waals surface area (Å²) in [4.78, 5) is 14.0. The van der Waals surface area contributed by atoms with E-state index in [9.17, 15) is 9.18 Å². The summed E-state index contributed by atoms with van der Waals surface area (Å²) in [5.74, 6) is 0.0466. The normalized spacial score (nSPS) is 20.1. The van der Waals surface area contributed by atoms with Crippen LogP contribution in [0, 0.1) is 11.7 Å².